The van der Waals surface area contributed by atoms with Crippen LogP contribution in [0, 0.1) is 5.92 Å². The van der Waals surface area contributed by atoms with Crippen molar-refractivity contribution in [2.75, 3.05) is 6.54 Å². The summed E-state index contributed by atoms with van der Waals surface area (Å²) in [4.78, 5) is 0. The lowest BCUT2D eigenvalue weighted by molar-refractivity contribution is 0.0980. The Hall–Kier alpha value is -0.860. The summed E-state index contributed by atoms with van der Waals surface area (Å²) in [6.45, 7) is 7.21. The van der Waals surface area contributed by atoms with Gasteiger partial charge in [-0.3, -0.25) is 0 Å². The van der Waals surface area contributed by atoms with Crippen LogP contribution in [-0.2, 0) is 6.42 Å². The number of hydrogen-bond acceptors (Lipinski definition) is 2. The Balaban J connectivity index is 2.40. The van der Waals surface area contributed by atoms with Gasteiger partial charge in [0.25, 0.3) is 0 Å². The molecule has 2 nitrogen and oxygen atoms in total. The molecule has 0 aromatic heterocycles. The van der Waals surface area contributed by atoms with Crippen LogP contribution in [0.2, 0.25) is 0 Å². The van der Waals surface area contributed by atoms with E-state index in [-0.39, 0.29) is 6.10 Å². The maximum Gasteiger partial charge on any atom is 0.0692 e. The maximum atomic E-state index is 10.2. The van der Waals surface area contributed by atoms with Gasteiger partial charge in [0.2, 0.25) is 0 Å². The lowest BCUT2D eigenvalue weighted by Gasteiger charge is -2.24. The van der Waals surface area contributed by atoms with E-state index in [9.17, 15) is 5.11 Å². The van der Waals surface area contributed by atoms with E-state index in [0.29, 0.717) is 18.5 Å². The Morgan fingerprint density at radius 3 is 2.16 bits per heavy atom. The van der Waals surface area contributed by atoms with Crippen molar-refractivity contribution in [2.24, 2.45) is 5.92 Å². The highest BCUT2D eigenvalue weighted by Gasteiger charge is 2.16. The highest BCUT2D eigenvalue weighted by atomic mass is 16.3. The van der Waals surface area contributed by atoms with Gasteiger partial charge in [0.1, 0.15) is 0 Å². The van der Waals surface area contributed by atoms with Gasteiger partial charge >= 0.3 is 0 Å². The lowest BCUT2D eigenvalue weighted by Crippen LogP contribution is -2.39. The van der Waals surface area contributed by atoms with E-state index >= 15 is 0 Å². The van der Waals surface area contributed by atoms with Gasteiger partial charge in [0.05, 0.1) is 6.10 Å². The fourth-order valence-electron chi connectivity index (χ4n) is 2.55. The van der Waals surface area contributed by atoms with E-state index in [0.717, 1.165) is 25.7 Å². The molecule has 2 N–H and O–H groups in total. The normalized spacial score (nSPS) is 14.6. The van der Waals surface area contributed by atoms with E-state index < -0.39 is 0 Å². The molecule has 0 heterocycles. The monoisotopic (exact) mass is 263 g/mol. The summed E-state index contributed by atoms with van der Waals surface area (Å²) in [7, 11) is 0. The van der Waals surface area contributed by atoms with Crippen molar-refractivity contribution in [3.8, 4) is 0 Å². The van der Waals surface area contributed by atoms with Crippen LogP contribution in [0.5, 0.6) is 0 Å². The molecule has 0 aliphatic rings. The second kappa shape index (κ2) is 9.11. The predicted octanol–water partition coefficient (Wildman–Crippen LogP) is 3.39. The number of rotatable bonds is 9. The van der Waals surface area contributed by atoms with Crippen LogP contribution in [0.15, 0.2) is 30.3 Å². The standard InChI is InChI=1S/C17H29NO/c1-4-15(5-2)17(19)13-18-16(6-3)12-14-10-8-7-9-11-14/h7-11,15-19H,4-6,12-13H2,1-3H3. The molecule has 0 saturated carbocycles. The SMILES string of the molecule is CCC(Cc1ccccc1)NCC(O)C(CC)CC. The smallest absolute Gasteiger partial charge is 0.0692 e. The Bertz CT molecular complexity index is 321. The average molecular weight is 263 g/mol. The Morgan fingerprint density at radius 1 is 1.00 bits per heavy atom. The van der Waals surface area contributed by atoms with Crippen LogP contribution in [-0.4, -0.2) is 23.8 Å². The average Bonchev–Trinajstić information content (AvgIpc) is 2.45. The van der Waals surface area contributed by atoms with Gasteiger partial charge in [-0.05, 0) is 24.3 Å². The first-order chi connectivity index (χ1) is 9.21. The summed E-state index contributed by atoms with van der Waals surface area (Å²) in [5.74, 6) is 0.418. The highest BCUT2D eigenvalue weighted by molar-refractivity contribution is 5.15. The van der Waals surface area contributed by atoms with Crippen LogP contribution in [0.1, 0.15) is 45.6 Å². The number of hydrogen-bond donors (Lipinski definition) is 2. The Labute approximate surface area is 118 Å². The number of aliphatic hydroxyl groups excluding tert-OH is 1. The fraction of sp³-hybridized carbons (Fsp3) is 0.647. The Kier molecular flexibility index (Phi) is 7.76. The molecule has 0 aliphatic heterocycles. The quantitative estimate of drug-likeness (QED) is 0.716. The highest BCUT2D eigenvalue weighted by Crippen LogP contribution is 2.13. The van der Waals surface area contributed by atoms with Crippen molar-refractivity contribution < 1.29 is 5.11 Å². The summed E-state index contributed by atoms with van der Waals surface area (Å²) in [6, 6.07) is 11.0. The Morgan fingerprint density at radius 2 is 1.63 bits per heavy atom. The van der Waals surface area contributed by atoms with Crippen LogP contribution < -0.4 is 5.32 Å². The van der Waals surface area contributed by atoms with Crippen LogP contribution in [0.3, 0.4) is 0 Å². The van der Waals surface area contributed by atoms with Gasteiger partial charge < -0.3 is 10.4 Å². The molecular formula is C17H29NO. The van der Waals surface area contributed by atoms with E-state index in [2.05, 4.69) is 56.4 Å². The molecule has 2 unspecified atom stereocenters. The molecule has 0 saturated heterocycles. The molecule has 0 radical (unpaired) electrons. The van der Waals surface area contributed by atoms with E-state index in [1.54, 1.807) is 0 Å². The number of benzene rings is 1. The maximum absolute atomic E-state index is 10.2. The van der Waals surface area contributed by atoms with E-state index in [1.807, 2.05) is 0 Å². The molecule has 0 bridgehead atoms. The van der Waals surface area contributed by atoms with Gasteiger partial charge in [-0.2, -0.15) is 0 Å². The van der Waals surface area contributed by atoms with Gasteiger partial charge in [-0.1, -0.05) is 63.9 Å². The molecule has 0 spiro atoms. The summed E-state index contributed by atoms with van der Waals surface area (Å²) >= 11 is 0. The van der Waals surface area contributed by atoms with E-state index in [1.165, 1.54) is 5.56 Å². The van der Waals surface area contributed by atoms with Crippen molar-refractivity contribution in [2.45, 2.75) is 58.6 Å². The number of nitrogens with one attached hydrogen (secondary N) is 1. The van der Waals surface area contributed by atoms with Crippen molar-refractivity contribution in [1.82, 2.24) is 5.32 Å². The summed E-state index contributed by atoms with van der Waals surface area (Å²) in [5.41, 5.74) is 1.36. The molecular weight excluding hydrogens is 234 g/mol. The molecule has 1 aromatic carbocycles. The summed E-state index contributed by atoms with van der Waals surface area (Å²) in [6.07, 6.45) is 4.00. The molecule has 0 fully saturated rings. The van der Waals surface area contributed by atoms with Crippen molar-refractivity contribution >= 4 is 0 Å². The zero-order valence-electron chi connectivity index (χ0n) is 12.6. The molecule has 1 rings (SSSR count). The predicted molar refractivity (Wildman–Crippen MR) is 82.3 cm³/mol. The van der Waals surface area contributed by atoms with Gasteiger partial charge in [-0.15, -0.1) is 0 Å². The molecule has 2 atom stereocenters. The minimum absolute atomic E-state index is 0.222. The van der Waals surface area contributed by atoms with Crippen molar-refractivity contribution in [1.29, 1.82) is 0 Å². The first kappa shape index (κ1) is 16.2. The minimum atomic E-state index is -0.222. The summed E-state index contributed by atoms with van der Waals surface area (Å²) < 4.78 is 0. The number of aliphatic hydroxyl groups is 1. The fourth-order valence-corrected chi connectivity index (χ4v) is 2.55. The largest absolute Gasteiger partial charge is 0.392 e. The second-order valence-electron chi connectivity index (χ2n) is 5.35. The summed E-state index contributed by atoms with van der Waals surface area (Å²) in [5, 5.41) is 13.7. The van der Waals surface area contributed by atoms with Crippen LogP contribution in [0.25, 0.3) is 0 Å². The van der Waals surface area contributed by atoms with Crippen LogP contribution in [0.4, 0.5) is 0 Å². The second-order valence-corrected chi connectivity index (χ2v) is 5.35. The van der Waals surface area contributed by atoms with Crippen molar-refractivity contribution in [3.63, 3.8) is 0 Å². The van der Waals surface area contributed by atoms with Crippen molar-refractivity contribution in [3.05, 3.63) is 35.9 Å². The van der Waals surface area contributed by atoms with Gasteiger partial charge in [0.15, 0.2) is 0 Å². The molecule has 0 amide bonds. The molecule has 19 heavy (non-hydrogen) atoms. The van der Waals surface area contributed by atoms with Gasteiger partial charge in [0, 0.05) is 12.6 Å². The molecule has 2 heteroatoms. The topological polar surface area (TPSA) is 32.3 Å². The first-order valence-electron chi connectivity index (χ1n) is 7.66. The zero-order chi connectivity index (χ0) is 14.1. The van der Waals surface area contributed by atoms with Gasteiger partial charge in [-0.25, -0.2) is 0 Å². The third-order valence-corrected chi connectivity index (χ3v) is 4.03. The first-order valence-corrected chi connectivity index (χ1v) is 7.66. The van der Waals surface area contributed by atoms with Crippen LogP contribution >= 0.6 is 0 Å². The third-order valence-electron chi connectivity index (χ3n) is 4.03. The minimum Gasteiger partial charge on any atom is -0.392 e. The zero-order valence-corrected chi connectivity index (χ0v) is 12.6. The molecule has 1 aromatic rings. The van der Waals surface area contributed by atoms with E-state index in [4.69, 9.17) is 0 Å². The molecule has 108 valence electrons. The molecule has 0 aliphatic carbocycles. The lowest BCUT2D eigenvalue weighted by atomic mass is 9.96. The third kappa shape index (κ3) is 5.75.